The van der Waals surface area contributed by atoms with Crippen LogP contribution in [0.1, 0.15) is 44.7 Å². The highest BCUT2D eigenvalue weighted by Gasteiger charge is 2.09. The largest absolute Gasteiger partial charge is 0.310 e. The molecule has 1 N–H and O–H groups in total. The second-order valence-corrected chi connectivity index (χ2v) is 4.65. The van der Waals surface area contributed by atoms with Crippen molar-refractivity contribution in [3.63, 3.8) is 0 Å². The lowest BCUT2D eigenvalue weighted by molar-refractivity contribution is 0.492. The molecule has 0 aromatic carbocycles. The Morgan fingerprint density at radius 2 is 2.13 bits per heavy atom. The molecular weight excluding hydrogens is 252 g/mol. The molecule has 1 atom stereocenters. The molecule has 0 saturated carbocycles. The van der Waals surface area contributed by atoms with Gasteiger partial charge in [-0.15, -0.1) is 0 Å². The summed E-state index contributed by atoms with van der Waals surface area (Å²) in [5.41, 5.74) is 1.28. The Hall–Kier alpha value is -0.410. The zero-order valence-electron chi connectivity index (χ0n) is 9.46. The van der Waals surface area contributed by atoms with Crippen molar-refractivity contribution in [1.29, 1.82) is 0 Å². The maximum absolute atomic E-state index is 4.21. The predicted molar refractivity (Wildman–Crippen MR) is 67.9 cm³/mol. The molecule has 1 aromatic rings. The Morgan fingerprint density at radius 3 is 2.73 bits per heavy atom. The maximum atomic E-state index is 4.21. The van der Waals surface area contributed by atoms with Gasteiger partial charge < -0.3 is 5.32 Å². The van der Waals surface area contributed by atoms with Crippen LogP contribution in [0, 0.1) is 0 Å². The van der Waals surface area contributed by atoms with Crippen LogP contribution in [-0.4, -0.2) is 11.5 Å². The van der Waals surface area contributed by atoms with E-state index in [9.17, 15) is 0 Å². The van der Waals surface area contributed by atoms with Gasteiger partial charge in [0.15, 0.2) is 0 Å². The number of halogens is 1. The van der Waals surface area contributed by atoms with Gasteiger partial charge in [-0.3, -0.25) is 4.98 Å². The number of nitrogens with zero attached hydrogens (tertiary/aromatic N) is 1. The molecule has 0 amide bonds. The van der Waals surface area contributed by atoms with Crippen molar-refractivity contribution >= 4 is 15.9 Å². The smallest absolute Gasteiger partial charge is 0.0410 e. The van der Waals surface area contributed by atoms with Gasteiger partial charge in [-0.2, -0.15) is 0 Å². The molecule has 0 aliphatic carbocycles. The fourth-order valence-electron chi connectivity index (χ4n) is 1.61. The first-order valence-corrected chi connectivity index (χ1v) is 6.41. The molecule has 0 radical (unpaired) electrons. The highest BCUT2D eigenvalue weighted by molar-refractivity contribution is 9.10. The third-order valence-corrected chi connectivity index (χ3v) is 2.78. The highest BCUT2D eigenvalue weighted by Crippen LogP contribution is 2.20. The first-order valence-electron chi connectivity index (χ1n) is 5.61. The van der Waals surface area contributed by atoms with Crippen LogP contribution in [-0.2, 0) is 0 Å². The summed E-state index contributed by atoms with van der Waals surface area (Å²) in [6.07, 6.45) is 7.30. The minimum atomic E-state index is 0.444. The molecule has 2 nitrogen and oxygen atoms in total. The van der Waals surface area contributed by atoms with E-state index in [0.29, 0.717) is 6.04 Å². The lowest BCUT2D eigenvalue weighted by atomic mass is 10.0. The van der Waals surface area contributed by atoms with Gasteiger partial charge in [0, 0.05) is 22.9 Å². The van der Waals surface area contributed by atoms with Crippen LogP contribution >= 0.6 is 15.9 Å². The molecule has 0 aliphatic rings. The van der Waals surface area contributed by atoms with E-state index in [0.717, 1.165) is 17.4 Å². The Labute approximate surface area is 101 Å². The second kappa shape index (κ2) is 6.96. The van der Waals surface area contributed by atoms with Crippen LogP contribution in [0.5, 0.6) is 0 Å². The first-order chi connectivity index (χ1) is 7.27. The van der Waals surface area contributed by atoms with Gasteiger partial charge in [-0.05, 0) is 46.9 Å². The van der Waals surface area contributed by atoms with Crippen LogP contribution < -0.4 is 5.32 Å². The van der Waals surface area contributed by atoms with Crippen LogP contribution in [0.15, 0.2) is 22.9 Å². The van der Waals surface area contributed by atoms with Crippen LogP contribution in [0.3, 0.4) is 0 Å². The molecule has 1 aromatic heterocycles. The van der Waals surface area contributed by atoms with E-state index in [1.807, 2.05) is 12.4 Å². The Kier molecular flexibility index (Phi) is 5.88. The molecule has 1 heterocycles. The van der Waals surface area contributed by atoms with E-state index in [1.165, 1.54) is 18.4 Å². The van der Waals surface area contributed by atoms with Crippen LogP contribution in [0.4, 0.5) is 0 Å². The summed E-state index contributed by atoms with van der Waals surface area (Å²) in [5.74, 6) is 0. The van der Waals surface area contributed by atoms with Crippen molar-refractivity contribution < 1.29 is 0 Å². The number of pyridine rings is 1. The van der Waals surface area contributed by atoms with Gasteiger partial charge in [0.25, 0.3) is 0 Å². The molecule has 0 saturated heterocycles. The third-order valence-electron chi connectivity index (χ3n) is 2.35. The van der Waals surface area contributed by atoms with Gasteiger partial charge in [0.05, 0.1) is 0 Å². The van der Waals surface area contributed by atoms with E-state index < -0.39 is 0 Å². The molecule has 3 heteroatoms. The average Bonchev–Trinajstić information content (AvgIpc) is 2.24. The quantitative estimate of drug-likeness (QED) is 0.853. The third kappa shape index (κ3) is 4.31. The molecular formula is C12H19BrN2. The van der Waals surface area contributed by atoms with Crippen molar-refractivity contribution in [3.05, 3.63) is 28.5 Å². The molecule has 0 spiro atoms. The second-order valence-electron chi connectivity index (χ2n) is 3.73. The summed E-state index contributed by atoms with van der Waals surface area (Å²) < 4.78 is 1.06. The van der Waals surface area contributed by atoms with E-state index in [4.69, 9.17) is 0 Å². The minimum absolute atomic E-state index is 0.444. The topological polar surface area (TPSA) is 24.9 Å². The first kappa shape index (κ1) is 12.7. The van der Waals surface area contributed by atoms with Gasteiger partial charge in [-0.25, -0.2) is 0 Å². The molecule has 0 aliphatic heterocycles. The zero-order chi connectivity index (χ0) is 11.1. The number of nitrogens with one attached hydrogen (secondary N) is 1. The summed E-state index contributed by atoms with van der Waals surface area (Å²) in [6, 6.07) is 2.59. The van der Waals surface area contributed by atoms with Gasteiger partial charge in [-0.1, -0.05) is 20.3 Å². The van der Waals surface area contributed by atoms with Crippen LogP contribution in [0.25, 0.3) is 0 Å². The predicted octanol–water partition coefficient (Wildman–Crippen LogP) is 3.68. The van der Waals surface area contributed by atoms with Crippen molar-refractivity contribution in [2.24, 2.45) is 0 Å². The average molecular weight is 271 g/mol. The monoisotopic (exact) mass is 270 g/mol. The van der Waals surface area contributed by atoms with E-state index in [-0.39, 0.29) is 0 Å². The molecule has 15 heavy (non-hydrogen) atoms. The number of hydrogen-bond donors (Lipinski definition) is 1. The Bertz CT molecular complexity index is 289. The molecule has 1 rings (SSSR count). The lowest BCUT2D eigenvalue weighted by Crippen LogP contribution is -2.22. The SMILES string of the molecule is CCCNC(CCC)c1cncc(Br)c1. The molecule has 0 fully saturated rings. The summed E-state index contributed by atoms with van der Waals surface area (Å²) in [5, 5.41) is 3.55. The fraction of sp³-hybridized carbons (Fsp3) is 0.583. The summed E-state index contributed by atoms with van der Waals surface area (Å²) >= 11 is 3.46. The molecule has 1 unspecified atom stereocenters. The highest BCUT2D eigenvalue weighted by atomic mass is 79.9. The Morgan fingerprint density at radius 1 is 1.33 bits per heavy atom. The minimum Gasteiger partial charge on any atom is -0.310 e. The molecule has 84 valence electrons. The summed E-state index contributed by atoms with van der Waals surface area (Å²) in [4.78, 5) is 4.21. The fourth-order valence-corrected chi connectivity index (χ4v) is 2.00. The van der Waals surface area contributed by atoms with Gasteiger partial charge in [0.2, 0.25) is 0 Å². The normalized spacial score (nSPS) is 12.7. The van der Waals surface area contributed by atoms with E-state index in [2.05, 4.69) is 46.1 Å². The van der Waals surface area contributed by atoms with Crippen molar-refractivity contribution in [3.8, 4) is 0 Å². The van der Waals surface area contributed by atoms with E-state index in [1.54, 1.807) is 0 Å². The van der Waals surface area contributed by atoms with Crippen molar-refractivity contribution in [2.45, 2.75) is 39.2 Å². The standard InChI is InChI=1S/C12H19BrN2/c1-3-5-12(15-6-4-2)10-7-11(13)9-14-8-10/h7-9,12,15H,3-6H2,1-2H3. The van der Waals surface area contributed by atoms with Crippen molar-refractivity contribution in [1.82, 2.24) is 10.3 Å². The lowest BCUT2D eigenvalue weighted by Gasteiger charge is -2.17. The van der Waals surface area contributed by atoms with Crippen LogP contribution in [0.2, 0.25) is 0 Å². The van der Waals surface area contributed by atoms with Gasteiger partial charge >= 0.3 is 0 Å². The van der Waals surface area contributed by atoms with Gasteiger partial charge in [0.1, 0.15) is 0 Å². The zero-order valence-corrected chi connectivity index (χ0v) is 11.0. The van der Waals surface area contributed by atoms with E-state index >= 15 is 0 Å². The van der Waals surface area contributed by atoms with Crippen molar-refractivity contribution in [2.75, 3.05) is 6.54 Å². The number of aromatic nitrogens is 1. The number of rotatable bonds is 6. The summed E-state index contributed by atoms with van der Waals surface area (Å²) in [7, 11) is 0. The number of hydrogen-bond acceptors (Lipinski definition) is 2. The summed E-state index contributed by atoms with van der Waals surface area (Å²) in [6.45, 7) is 5.47. The Balaban J connectivity index is 2.69. The maximum Gasteiger partial charge on any atom is 0.0410 e. The molecule has 0 bridgehead atoms.